The maximum Gasteiger partial charge on any atom is 0.350 e. The Hall–Kier alpha value is -2.01. The third kappa shape index (κ3) is 3.26. The van der Waals surface area contributed by atoms with Gasteiger partial charge in [0.1, 0.15) is 4.88 Å². The molecule has 5 heteroatoms. The second-order valence-corrected chi connectivity index (χ2v) is 5.28. The van der Waals surface area contributed by atoms with Crippen molar-refractivity contribution in [1.82, 2.24) is 0 Å². The van der Waals surface area contributed by atoms with Gasteiger partial charge in [0, 0.05) is 6.54 Å². The van der Waals surface area contributed by atoms with E-state index in [4.69, 9.17) is 5.73 Å². The molecular weight excluding hydrogens is 260 g/mol. The standard InChI is InChI=1S/C14H16N2O2S/c1-9-3-5-10(6-4-9)8-16-12-7-11(15)13(19-12)14(17)18-2/h3-7,16H,8,15H2,1-2H3. The summed E-state index contributed by atoms with van der Waals surface area (Å²) in [4.78, 5) is 11.9. The van der Waals surface area contributed by atoms with Crippen LogP contribution in [0.4, 0.5) is 10.7 Å². The smallest absolute Gasteiger partial charge is 0.350 e. The van der Waals surface area contributed by atoms with Crippen LogP contribution in [0, 0.1) is 6.92 Å². The second-order valence-electron chi connectivity index (χ2n) is 4.23. The van der Waals surface area contributed by atoms with Crippen molar-refractivity contribution in [3.8, 4) is 0 Å². The first-order valence-electron chi connectivity index (χ1n) is 5.87. The number of hydrogen-bond donors (Lipinski definition) is 2. The van der Waals surface area contributed by atoms with E-state index in [1.165, 1.54) is 29.6 Å². The number of carbonyl (C=O) groups excluding carboxylic acids is 1. The molecule has 0 saturated heterocycles. The fourth-order valence-corrected chi connectivity index (χ4v) is 2.53. The van der Waals surface area contributed by atoms with E-state index in [-0.39, 0.29) is 0 Å². The van der Waals surface area contributed by atoms with Crippen LogP contribution in [0.5, 0.6) is 0 Å². The molecule has 0 fully saturated rings. The summed E-state index contributed by atoms with van der Waals surface area (Å²) in [5.41, 5.74) is 8.64. The summed E-state index contributed by atoms with van der Waals surface area (Å²) in [6, 6.07) is 10.0. The van der Waals surface area contributed by atoms with Crippen LogP contribution < -0.4 is 11.1 Å². The summed E-state index contributed by atoms with van der Waals surface area (Å²) in [6.07, 6.45) is 0. The minimum absolute atomic E-state index is 0.397. The topological polar surface area (TPSA) is 64.3 Å². The van der Waals surface area contributed by atoms with Gasteiger partial charge in [-0.05, 0) is 18.6 Å². The zero-order valence-corrected chi connectivity index (χ0v) is 11.7. The lowest BCUT2D eigenvalue weighted by atomic mass is 10.1. The first-order chi connectivity index (χ1) is 9.10. The van der Waals surface area contributed by atoms with Crippen LogP contribution in [0.15, 0.2) is 30.3 Å². The molecule has 0 saturated carbocycles. The molecular formula is C14H16N2O2S. The normalized spacial score (nSPS) is 10.2. The maximum atomic E-state index is 11.4. The van der Waals surface area contributed by atoms with E-state index in [1.807, 2.05) is 0 Å². The van der Waals surface area contributed by atoms with Gasteiger partial charge in [-0.15, -0.1) is 11.3 Å². The molecule has 1 aromatic carbocycles. The molecule has 0 aliphatic rings. The largest absolute Gasteiger partial charge is 0.465 e. The number of esters is 1. The van der Waals surface area contributed by atoms with Gasteiger partial charge in [0.15, 0.2) is 0 Å². The van der Waals surface area contributed by atoms with Gasteiger partial charge in [-0.1, -0.05) is 29.8 Å². The van der Waals surface area contributed by atoms with Crippen LogP contribution in [0.25, 0.3) is 0 Å². The molecule has 2 aromatic rings. The summed E-state index contributed by atoms with van der Waals surface area (Å²) in [6.45, 7) is 2.75. The number of nitrogens with two attached hydrogens (primary N) is 1. The summed E-state index contributed by atoms with van der Waals surface area (Å²) < 4.78 is 4.67. The molecule has 0 amide bonds. The van der Waals surface area contributed by atoms with E-state index < -0.39 is 5.97 Å². The molecule has 2 rings (SSSR count). The van der Waals surface area contributed by atoms with Crippen molar-refractivity contribution in [2.75, 3.05) is 18.2 Å². The molecule has 1 heterocycles. The van der Waals surface area contributed by atoms with Gasteiger partial charge in [0.2, 0.25) is 0 Å². The summed E-state index contributed by atoms with van der Waals surface area (Å²) in [7, 11) is 1.35. The Morgan fingerprint density at radius 1 is 1.37 bits per heavy atom. The molecule has 100 valence electrons. The number of rotatable bonds is 4. The number of methoxy groups -OCH3 is 1. The monoisotopic (exact) mass is 276 g/mol. The highest BCUT2D eigenvalue weighted by molar-refractivity contribution is 7.18. The minimum atomic E-state index is -0.397. The summed E-state index contributed by atoms with van der Waals surface area (Å²) in [5, 5.41) is 4.11. The maximum absolute atomic E-state index is 11.4. The zero-order chi connectivity index (χ0) is 13.8. The van der Waals surface area contributed by atoms with Crippen molar-refractivity contribution < 1.29 is 9.53 Å². The average molecular weight is 276 g/mol. The lowest BCUT2D eigenvalue weighted by molar-refractivity contribution is 0.0607. The first kappa shape index (κ1) is 13.4. The van der Waals surface area contributed by atoms with Gasteiger partial charge >= 0.3 is 5.97 Å². The molecule has 4 nitrogen and oxygen atoms in total. The molecule has 0 spiro atoms. The summed E-state index contributed by atoms with van der Waals surface area (Å²) >= 11 is 1.30. The van der Waals surface area contributed by atoms with E-state index in [0.29, 0.717) is 17.1 Å². The third-order valence-electron chi connectivity index (χ3n) is 2.72. The van der Waals surface area contributed by atoms with Crippen LogP contribution in [0.1, 0.15) is 20.8 Å². The van der Waals surface area contributed by atoms with E-state index in [2.05, 4.69) is 41.2 Å². The molecule has 0 aliphatic carbocycles. The fraction of sp³-hybridized carbons (Fsp3) is 0.214. The molecule has 0 atom stereocenters. The Labute approximate surface area is 116 Å². The third-order valence-corrected chi connectivity index (χ3v) is 3.81. The van der Waals surface area contributed by atoms with Gasteiger partial charge < -0.3 is 15.8 Å². The van der Waals surface area contributed by atoms with Crippen molar-refractivity contribution in [2.45, 2.75) is 13.5 Å². The number of aryl methyl sites for hydroxylation is 1. The number of thiophene rings is 1. The average Bonchev–Trinajstić information content (AvgIpc) is 2.78. The number of nitrogen functional groups attached to an aromatic ring is 1. The predicted octanol–water partition coefficient (Wildman–Crippen LogP) is 3.04. The van der Waals surface area contributed by atoms with E-state index in [0.717, 1.165) is 5.00 Å². The number of nitrogens with one attached hydrogen (secondary N) is 1. The Morgan fingerprint density at radius 3 is 2.68 bits per heavy atom. The Kier molecular flexibility index (Phi) is 4.06. The van der Waals surface area contributed by atoms with Crippen LogP contribution in [-0.4, -0.2) is 13.1 Å². The SMILES string of the molecule is COC(=O)c1sc(NCc2ccc(C)cc2)cc1N. The number of hydrogen-bond acceptors (Lipinski definition) is 5. The minimum Gasteiger partial charge on any atom is -0.465 e. The molecule has 19 heavy (non-hydrogen) atoms. The molecule has 3 N–H and O–H groups in total. The van der Waals surface area contributed by atoms with Gasteiger partial charge in [0.05, 0.1) is 17.8 Å². The Bertz CT molecular complexity index is 576. The summed E-state index contributed by atoms with van der Waals surface area (Å²) in [5.74, 6) is -0.397. The predicted molar refractivity (Wildman–Crippen MR) is 78.6 cm³/mol. The highest BCUT2D eigenvalue weighted by Gasteiger charge is 2.14. The van der Waals surface area contributed by atoms with Crippen LogP contribution >= 0.6 is 11.3 Å². The fourth-order valence-electron chi connectivity index (χ4n) is 1.64. The van der Waals surface area contributed by atoms with Crippen molar-refractivity contribution in [3.05, 3.63) is 46.3 Å². The van der Waals surface area contributed by atoms with Crippen molar-refractivity contribution in [1.29, 1.82) is 0 Å². The number of benzene rings is 1. The second kappa shape index (κ2) is 5.75. The molecule has 0 aliphatic heterocycles. The molecule has 1 aromatic heterocycles. The Morgan fingerprint density at radius 2 is 2.05 bits per heavy atom. The number of anilines is 2. The highest BCUT2D eigenvalue weighted by atomic mass is 32.1. The first-order valence-corrected chi connectivity index (χ1v) is 6.69. The van der Waals surface area contributed by atoms with Gasteiger partial charge in [-0.3, -0.25) is 0 Å². The van der Waals surface area contributed by atoms with E-state index >= 15 is 0 Å². The quantitative estimate of drug-likeness (QED) is 0.842. The Balaban J connectivity index is 2.04. The lowest BCUT2D eigenvalue weighted by Gasteiger charge is -2.03. The number of carbonyl (C=O) groups is 1. The highest BCUT2D eigenvalue weighted by Crippen LogP contribution is 2.30. The van der Waals surface area contributed by atoms with Crippen LogP contribution in [0.2, 0.25) is 0 Å². The number of ether oxygens (including phenoxy) is 1. The molecule has 0 bridgehead atoms. The van der Waals surface area contributed by atoms with Crippen molar-refractivity contribution >= 4 is 28.0 Å². The lowest BCUT2D eigenvalue weighted by Crippen LogP contribution is -2.01. The van der Waals surface area contributed by atoms with Crippen LogP contribution in [0.3, 0.4) is 0 Å². The van der Waals surface area contributed by atoms with Crippen LogP contribution in [-0.2, 0) is 11.3 Å². The van der Waals surface area contributed by atoms with Gasteiger partial charge in [0.25, 0.3) is 0 Å². The van der Waals surface area contributed by atoms with Gasteiger partial charge in [-0.2, -0.15) is 0 Å². The molecule has 0 unspecified atom stereocenters. The molecule has 0 radical (unpaired) electrons. The van der Waals surface area contributed by atoms with Crippen molar-refractivity contribution in [2.24, 2.45) is 0 Å². The van der Waals surface area contributed by atoms with E-state index in [9.17, 15) is 4.79 Å². The van der Waals surface area contributed by atoms with Crippen molar-refractivity contribution in [3.63, 3.8) is 0 Å². The van der Waals surface area contributed by atoms with E-state index in [1.54, 1.807) is 6.07 Å². The zero-order valence-electron chi connectivity index (χ0n) is 10.9. The van der Waals surface area contributed by atoms with Gasteiger partial charge in [-0.25, -0.2) is 4.79 Å².